The predicted molar refractivity (Wildman–Crippen MR) is 104 cm³/mol. The first kappa shape index (κ1) is 18.0. The molecule has 0 heterocycles. The Morgan fingerprint density at radius 2 is 2.00 bits per heavy atom. The van der Waals surface area contributed by atoms with Gasteiger partial charge < -0.3 is 10.1 Å². The largest absolute Gasteiger partial charge is 0.494 e. The van der Waals surface area contributed by atoms with Crippen molar-refractivity contribution >= 4 is 21.8 Å². The van der Waals surface area contributed by atoms with Crippen molar-refractivity contribution in [2.24, 2.45) is 5.92 Å². The van der Waals surface area contributed by atoms with E-state index in [1.54, 1.807) is 0 Å². The van der Waals surface area contributed by atoms with E-state index < -0.39 is 0 Å². The summed E-state index contributed by atoms with van der Waals surface area (Å²) in [5.74, 6) is 1.61. The van der Waals surface area contributed by atoms with Crippen LogP contribution in [0.25, 0.3) is 0 Å². The molecule has 2 aromatic carbocycles. The van der Waals surface area contributed by atoms with Crippen molar-refractivity contribution in [2.45, 2.75) is 32.1 Å². The first-order chi connectivity index (χ1) is 12.1. The Bertz CT molecular complexity index is 714. The van der Waals surface area contributed by atoms with Crippen LogP contribution in [-0.4, -0.2) is 19.1 Å². The summed E-state index contributed by atoms with van der Waals surface area (Å²) < 4.78 is 6.77. The lowest BCUT2D eigenvalue weighted by Gasteiger charge is -2.07. The van der Waals surface area contributed by atoms with E-state index in [1.165, 1.54) is 11.1 Å². The van der Waals surface area contributed by atoms with Gasteiger partial charge in [0.1, 0.15) is 5.75 Å². The second-order valence-corrected chi connectivity index (χ2v) is 7.58. The lowest BCUT2D eigenvalue weighted by atomic mass is 10.1. The smallest absolute Gasteiger partial charge is 0.223 e. The lowest BCUT2D eigenvalue weighted by Crippen LogP contribution is -2.26. The quantitative estimate of drug-likeness (QED) is 0.642. The highest BCUT2D eigenvalue weighted by Crippen LogP contribution is 2.47. The second kappa shape index (κ2) is 8.52. The summed E-state index contributed by atoms with van der Waals surface area (Å²) >= 11 is 3.49. The molecule has 0 saturated heterocycles. The summed E-state index contributed by atoms with van der Waals surface area (Å²) in [6, 6.07) is 16.3. The first-order valence-corrected chi connectivity index (χ1v) is 9.65. The van der Waals surface area contributed by atoms with Crippen molar-refractivity contribution in [1.29, 1.82) is 0 Å². The van der Waals surface area contributed by atoms with E-state index in [4.69, 9.17) is 4.74 Å². The van der Waals surface area contributed by atoms with Crippen LogP contribution < -0.4 is 10.1 Å². The van der Waals surface area contributed by atoms with Gasteiger partial charge in [0, 0.05) is 16.9 Å². The average Bonchev–Trinajstić information content (AvgIpc) is 3.40. The van der Waals surface area contributed by atoms with Gasteiger partial charge in [-0.2, -0.15) is 0 Å². The van der Waals surface area contributed by atoms with Crippen molar-refractivity contribution in [3.63, 3.8) is 0 Å². The Morgan fingerprint density at radius 1 is 1.20 bits per heavy atom. The number of hydrogen-bond donors (Lipinski definition) is 1. The molecule has 0 spiro atoms. The van der Waals surface area contributed by atoms with Crippen LogP contribution in [0.2, 0.25) is 0 Å². The van der Waals surface area contributed by atoms with Gasteiger partial charge in [0.05, 0.1) is 6.61 Å². The van der Waals surface area contributed by atoms with Crippen LogP contribution in [0, 0.1) is 12.8 Å². The van der Waals surface area contributed by atoms with E-state index in [0.717, 1.165) is 36.0 Å². The number of unbranched alkanes of at least 4 members (excludes halogenated alkanes) is 1. The molecule has 132 valence electrons. The minimum Gasteiger partial charge on any atom is -0.494 e. The molecule has 1 fully saturated rings. The molecule has 0 aromatic heterocycles. The van der Waals surface area contributed by atoms with Gasteiger partial charge in [-0.25, -0.2) is 0 Å². The fourth-order valence-corrected chi connectivity index (χ4v) is 3.40. The molecule has 2 atom stereocenters. The average molecular weight is 402 g/mol. The molecular weight excluding hydrogens is 378 g/mol. The topological polar surface area (TPSA) is 38.3 Å². The molecule has 3 rings (SSSR count). The van der Waals surface area contributed by atoms with E-state index in [9.17, 15) is 4.79 Å². The Labute approximate surface area is 157 Å². The van der Waals surface area contributed by atoms with Gasteiger partial charge >= 0.3 is 0 Å². The third-order valence-corrected chi connectivity index (χ3v) is 5.06. The number of aryl methyl sites for hydroxylation is 1. The SMILES string of the molecule is Cc1ccc(OCCCCNC(=O)C2CC2c2cccc(Br)c2)cc1. The van der Waals surface area contributed by atoms with Gasteiger partial charge in [-0.05, 0) is 61.9 Å². The summed E-state index contributed by atoms with van der Waals surface area (Å²) in [4.78, 5) is 12.2. The second-order valence-electron chi connectivity index (χ2n) is 6.66. The summed E-state index contributed by atoms with van der Waals surface area (Å²) in [5.41, 5.74) is 2.48. The molecule has 1 amide bonds. The van der Waals surface area contributed by atoms with Crippen LogP contribution >= 0.6 is 15.9 Å². The van der Waals surface area contributed by atoms with Gasteiger partial charge in [-0.3, -0.25) is 4.79 Å². The van der Waals surface area contributed by atoms with Crippen LogP contribution in [0.5, 0.6) is 5.75 Å². The maximum Gasteiger partial charge on any atom is 0.223 e. The van der Waals surface area contributed by atoms with Crippen LogP contribution in [-0.2, 0) is 4.79 Å². The van der Waals surface area contributed by atoms with Crippen LogP contribution in [0.4, 0.5) is 0 Å². The van der Waals surface area contributed by atoms with Crippen molar-refractivity contribution < 1.29 is 9.53 Å². The Hall–Kier alpha value is -1.81. The summed E-state index contributed by atoms with van der Waals surface area (Å²) in [5, 5.41) is 3.06. The fraction of sp³-hybridized carbons (Fsp3) is 0.381. The first-order valence-electron chi connectivity index (χ1n) is 8.86. The Kier molecular flexibility index (Phi) is 6.14. The molecule has 3 nitrogen and oxygen atoms in total. The zero-order chi connectivity index (χ0) is 17.6. The number of carbonyl (C=O) groups is 1. The van der Waals surface area contributed by atoms with Gasteiger partial charge in [0.25, 0.3) is 0 Å². The van der Waals surface area contributed by atoms with E-state index in [0.29, 0.717) is 12.5 Å². The van der Waals surface area contributed by atoms with Crippen molar-refractivity contribution in [1.82, 2.24) is 5.32 Å². The Morgan fingerprint density at radius 3 is 2.76 bits per heavy atom. The zero-order valence-corrected chi connectivity index (χ0v) is 16.1. The highest BCUT2D eigenvalue weighted by atomic mass is 79.9. The molecule has 0 bridgehead atoms. The van der Waals surface area contributed by atoms with Crippen LogP contribution in [0.1, 0.15) is 36.3 Å². The standard InChI is InChI=1S/C21H24BrNO2/c1-15-7-9-18(10-8-15)25-12-3-2-11-23-21(24)20-14-19(20)16-5-4-6-17(22)13-16/h4-10,13,19-20H,2-3,11-12,14H2,1H3,(H,23,24). The number of rotatable bonds is 8. The predicted octanol–water partition coefficient (Wildman–Crippen LogP) is 4.84. The minimum absolute atomic E-state index is 0.137. The minimum atomic E-state index is 0.137. The summed E-state index contributed by atoms with van der Waals surface area (Å²) in [6.45, 7) is 3.47. The van der Waals surface area contributed by atoms with Crippen LogP contribution in [0.3, 0.4) is 0 Å². The third-order valence-electron chi connectivity index (χ3n) is 4.56. The molecular formula is C21H24BrNO2. The molecule has 2 aromatic rings. The van der Waals surface area contributed by atoms with E-state index in [1.807, 2.05) is 36.4 Å². The fourth-order valence-electron chi connectivity index (χ4n) is 2.98. The Balaban J connectivity index is 1.29. The molecule has 1 saturated carbocycles. The molecule has 25 heavy (non-hydrogen) atoms. The molecule has 1 aliphatic rings. The summed E-state index contributed by atoms with van der Waals surface area (Å²) in [6.07, 6.45) is 2.83. The van der Waals surface area contributed by atoms with E-state index in [2.05, 4.69) is 40.3 Å². The number of ether oxygens (including phenoxy) is 1. The van der Waals surface area contributed by atoms with Gasteiger partial charge in [-0.15, -0.1) is 0 Å². The highest BCUT2D eigenvalue weighted by Gasteiger charge is 2.43. The van der Waals surface area contributed by atoms with Gasteiger partial charge in [0.2, 0.25) is 5.91 Å². The number of amides is 1. The van der Waals surface area contributed by atoms with Gasteiger partial charge in [0.15, 0.2) is 0 Å². The highest BCUT2D eigenvalue weighted by molar-refractivity contribution is 9.10. The lowest BCUT2D eigenvalue weighted by molar-refractivity contribution is -0.122. The van der Waals surface area contributed by atoms with E-state index >= 15 is 0 Å². The number of benzene rings is 2. The molecule has 0 aliphatic heterocycles. The number of halogens is 1. The maximum absolute atomic E-state index is 12.2. The molecule has 1 N–H and O–H groups in total. The molecule has 0 radical (unpaired) electrons. The molecule has 4 heteroatoms. The maximum atomic E-state index is 12.2. The number of carbonyl (C=O) groups excluding carboxylic acids is 1. The molecule has 2 unspecified atom stereocenters. The molecule has 1 aliphatic carbocycles. The van der Waals surface area contributed by atoms with Gasteiger partial charge in [-0.1, -0.05) is 45.8 Å². The third kappa shape index (κ3) is 5.33. The van der Waals surface area contributed by atoms with Crippen molar-refractivity contribution in [3.05, 3.63) is 64.1 Å². The van der Waals surface area contributed by atoms with Crippen molar-refractivity contribution in [3.8, 4) is 5.75 Å². The monoisotopic (exact) mass is 401 g/mol. The summed E-state index contributed by atoms with van der Waals surface area (Å²) in [7, 11) is 0. The number of hydrogen-bond acceptors (Lipinski definition) is 2. The van der Waals surface area contributed by atoms with E-state index in [-0.39, 0.29) is 11.8 Å². The van der Waals surface area contributed by atoms with Crippen LogP contribution in [0.15, 0.2) is 53.0 Å². The van der Waals surface area contributed by atoms with Crippen molar-refractivity contribution in [2.75, 3.05) is 13.2 Å². The number of nitrogens with one attached hydrogen (secondary N) is 1. The zero-order valence-electron chi connectivity index (χ0n) is 14.5. The normalized spacial score (nSPS) is 18.6.